The van der Waals surface area contributed by atoms with E-state index in [0.29, 0.717) is 0 Å². The molecule has 4 heteroatoms. The van der Waals surface area contributed by atoms with E-state index in [2.05, 4.69) is 165 Å². The highest BCUT2D eigenvalue weighted by atomic mass is 16.4. The third-order valence-corrected chi connectivity index (χ3v) is 10.1. The first-order valence-corrected chi connectivity index (χ1v) is 17.0. The molecule has 0 atom stereocenters. The maximum absolute atomic E-state index is 11.7. The van der Waals surface area contributed by atoms with Crippen LogP contribution in [0.15, 0.2) is 152 Å². The second-order valence-corrected chi connectivity index (χ2v) is 13.8. The fourth-order valence-corrected chi connectivity index (χ4v) is 7.34. The summed E-state index contributed by atoms with van der Waals surface area (Å²) in [6, 6.07) is 53.0. The molecule has 8 rings (SSSR count). The number of carbonyl (C=O) groups is 1. The minimum absolute atomic E-state index is 0.263. The molecule has 0 aromatic heterocycles. The summed E-state index contributed by atoms with van der Waals surface area (Å²) in [5, 5.41) is 11.9. The number of benzene rings is 7. The molecule has 0 heterocycles. The Labute approximate surface area is 293 Å². The number of fused-ring (bicyclic) bond motifs is 4. The molecule has 7 aromatic rings. The fourth-order valence-electron chi connectivity index (χ4n) is 7.34. The van der Waals surface area contributed by atoms with Crippen molar-refractivity contribution < 1.29 is 9.90 Å². The van der Waals surface area contributed by atoms with Crippen LogP contribution in [0.1, 0.15) is 46.5 Å². The number of nitrogens with zero attached hydrogens (tertiary/aromatic N) is 2. The van der Waals surface area contributed by atoms with Crippen LogP contribution < -0.4 is 9.80 Å². The molecule has 0 radical (unpaired) electrons. The van der Waals surface area contributed by atoms with Crippen molar-refractivity contribution in [3.05, 3.63) is 179 Å². The predicted octanol–water partition coefficient (Wildman–Crippen LogP) is 12.4. The highest BCUT2D eigenvalue weighted by molar-refractivity contribution is 5.93. The van der Waals surface area contributed by atoms with Crippen LogP contribution in [0.25, 0.3) is 21.9 Å². The number of aromatic carboxylic acids is 1. The van der Waals surface area contributed by atoms with E-state index >= 15 is 0 Å². The lowest BCUT2D eigenvalue weighted by molar-refractivity contribution is 0.0697. The summed E-state index contributed by atoms with van der Waals surface area (Å²) in [4.78, 5) is 16.3. The monoisotopic (exact) mass is 650 g/mol. The second-order valence-electron chi connectivity index (χ2n) is 13.8. The largest absolute Gasteiger partial charge is 0.478 e. The van der Waals surface area contributed by atoms with Gasteiger partial charge in [0.25, 0.3) is 0 Å². The van der Waals surface area contributed by atoms with E-state index in [4.69, 9.17) is 0 Å². The van der Waals surface area contributed by atoms with Gasteiger partial charge in [0.1, 0.15) is 0 Å². The number of anilines is 6. The molecule has 0 saturated carbocycles. The Kier molecular flexibility index (Phi) is 7.53. The maximum atomic E-state index is 11.7. The summed E-state index contributed by atoms with van der Waals surface area (Å²) >= 11 is 0. The Morgan fingerprint density at radius 1 is 0.480 bits per heavy atom. The first-order valence-electron chi connectivity index (χ1n) is 17.0. The lowest BCUT2D eigenvalue weighted by Crippen LogP contribution is -2.17. The van der Waals surface area contributed by atoms with Crippen molar-refractivity contribution in [2.45, 2.75) is 33.1 Å². The Morgan fingerprint density at radius 3 is 1.38 bits per heavy atom. The summed E-state index contributed by atoms with van der Waals surface area (Å²) in [5.74, 6) is -0.937. The van der Waals surface area contributed by atoms with Gasteiger partial charge in [0, 0.05) is 39.5 Å². The zero-order valence-corrected chi connectivity index (χ0v) is 28.7. The Hall–Kier alpha value is -6.13. The highest BCUT2D eigenvalue weighted by Crippen LogP contribution is 2.52. The number of hydrogen-bond donors (Lipinski definition) is 1. The van der Waals surface area contributed by atoms with Gasteiger partial charge in [-0.25, -0.2) is 4.79 Å². The Bertz CT molecular complexity index is 2350. The summed E-state index contributed by atoms with van der Waals surface area (Å²) in [6.07, 6.45) is 0. The van der Waals surface area contributed by atoms with Crippen LogP contribution in [0.5, 0.6) is 0 Å². The van der Waals surface area contributed by atoms with Crippen LogP contribution >= 0.6 is 0 Å². The molecule has 0 unspecified atom stereocenters. The first-order chi connectivity index (χ1) is 24.2. The quantitative estimate of drug-likeness (QED) is 0.186. The normalized spacial score (nSPS) is 12.7. The van der Waals surface area contributed by atoms with Gasteiger partial charge in [-0.05, 0) is 132 Å². The minimum atomic E-state index is -0.937. The van der Waals surface area contributed by atoms with E-state index in [9.17, 15) is 9.90 Å². The highest BCUT2D eigenvalue weighted by Gasteiger charge is 2.37. The summed E-state index contributed by atoms with van der Waals surface area (Å²) < 4.78 is 0. The molecular formula is C46H38N2O2. The third-order valence-electron chi connectivity index (χ3n) is 10.1. The molecule has 1 N–H and O–H groups in total. The topological polar surface area (TPSA) is 43.8 Å². The summed E-state index contributed by atoms with van der Waals surface area (Å²) in [5.41, 5.74) is 13.8. The van der Waals surface area contributed by atoms with Crippen molar-refractivity contribution in [2.24, 2.45) is 0 Å². The molecule has 0 fully saturated rings. The van der Waals surface area contributed by atoms with E-state index in [-0.39, 0.29) is 11.0 Å². The van der Waals surface area contributed by atoms with E-state index in [1.807, 2.05) is 12.1 Å². The molecule has 7 aromatic carbocycles. The van der Waals surface area contributed by atoms with Crippen LogP contribution in [-0.4, -0.2) is 11.1 Å². The van der Waals surface area contributed by atoms with Crippen molar-refractivity contribution in [1.29, 1.82) is 0 Å². The van der Waals surface area contributed by atoms with Crippen LogP contribution in [0.4, 0.5) is 34.1 Å². The molecule has 0 aliphatic heterocycles. The van der Waals surface area contributed by atoms with Gasteiger partial charge in [-0.3, -0.25) is 0 Å². The van der Waals surface area contributed by atoms with E-state index in [0.717, 1.165) is 39.5 Å². The lowest BCUT2D eigenvalue weighted by atomic mass is 9.82. The zero-order chi connectivity index (χ0) is 34.6. The molecular weight excluding hydrogens is 613 g/mol. The van der Waals surface area contributed by atoms with Gasteiger partial charge >= 0.3 is 5.97 Å². The first kappa shape index (κ1) is 31.2. The third kappa shape index (κ3) is 5.39. The van der Waals surface area contributed by atoms with Crippen molar-refractivity contribution in [3.8, 4) is 11.1 Å². The van der Waals surface area contributed by atoms with Crippen LogP contribution in [-0.2, 0) is 5.41 Å². The Morgan fingerprint density at radius 2 is 0.880 bits per heavy atom. The van der Waals surface area contributed by atoms with Crippen molar-refractivity contribution in [2.75, 3.05) is 9.80 Å². The second kappa shape index (κ2) is 12.1. The molecule has 0 spiro atoms. The number of hydrogen-bond acceptors (Lipinski definition) is 3. The van der Waals surface area contributed by atoms with Gasteiger partial charge in [-0.2, -0.15) is 0 Å². The molecule has 1 aliphatic rings. The fraction of sp³-hybridized carbons (Fsp3) is 0.109. The van der Waals surface area contributed by atoms with Gasteiger partial charge in [0.05, 0.1) is 5.56 Å². The number of carboxylic acid groups (broad SMARTS) is 1. The smallest absolute Gasteiger partial charge is 0.335 e. The minimum Gasteiger partial charge on any atom is -0.478 e. The standard InChI is InChI=1S/C46H38N2O2/c1-30-9-16-35(17-10-30)47(36-18-11-31(2)12-19-36)39-23-25-41-42-26-24-40(29-44(42)46(3,4)43(41)28-39)48(37-20-14-33(15-21-37)45(49)50)38-22-13-32-7-5-6-8-34(32)27-38/h5-29H,1-4H3,(H,49,50). The zero-order valence-electron chi connectivity index (χ0n) is 28.7. The van der Waals surface area contributed by atoms with Crippen molar-refractivity contribution in [3.63, 3.8) is 0 Å². The summed E-state index contributed by atoms with van der Waals surface area (Å²) in [7, 11) is 0. The Balaban J connectivity index is 1.24. The number of aryl methyl sites for hydroxylation is 2. The van der Waals surface area contributed by atoms with E-state index in [1.165, 1.54) is 38.8 Å². The number of carboxylic acids is 1. The molecule has 244 valence electrons. The molecule has 0 saturated heterocycles. The van der Waals surface area contributed by atoms with Gasteiger partial charge in [-0.15, -0.1) is 0 Å². The maximum Gasteiger partial charge on any atom is 0.335 e. The van der Waals surface area contributed by atoms with E-state index < -0.39 is 5.97 Å². The van der Waals surface area contributed by atoms with Crippen molar-refractivity contribution in [1.82, 2.24) is 0 Å². The van der Waals surface area contributed by atoms with Gasteiger partial charge in [0.15, 0.2) is 0 Å². The van der Waals surface area contributed by atoms with Gasteiger partial charge < -0.3 is 14.9 Å². The van der Waals surface area contributed by atoms with Crippen LogP contribution in [0.3, 0.4) is 0 Å². The SMILES string of the molecule is Cc1ccc(N(c2ccc(C)cc2)c2ccc3c(c2)C(C)(C)c2cc(N(c4ccc(C(=O)O)cc4)c4ccc5ccccc5c4)ccc2-3)cc1. The molecule has 0 bridgehead atoms. The van der Waals surface area contributed by atoms with Crippen LogP contribution in [0, 0.1) is 13.8 Å². The number of rotatable bonds is 7. The van der Waals surface area contributed by atoms with Crippen LogP contribution in [0.2, 0.25) is 0 Å². The summed E-state index contributed by atoms with van der Waals surface area (Å²) in [6.45, 7) is 8.87. The molecule has 1 aliphatic carbocycles. The molecule has 50 heavy (non-hydrogen) atoms. The average Bonchev–Trinajstić information content (AvgIpc) is 3.35. The average molecular weight is 651 g/mol. The molecule has 0 amide bonds. The van der Waals surface area contributed by atoms with Crippen molar-refractivity contribution >= 4 is 50.9 Å². The molecule has 4 nitrogen and oxygen atoms in total. The predicted molar refractivity (Wildman–Crippen MR) is 207 cm³/mol. The van der Waals surface area contributed by atoms with Gasteiger partial charge in [0.2, 0.25) is 0 Å². The van der Waals surface area contributed by atoms with E-state index in [1.54, 1.807) is 12.1 Å². The lowest BCUT2D eigenvalue weighted by Gasteiger charge is -2.29. The van der Waals surface area contributed by atoms with Gasteiger partial charge in [-0.1, -0.05) is 91.7 Å².